The van der Waals surface area contributed by atoms with E-state index in [4.69, 9.17) is 17.4 Å². The van der Waals surface area contributed by atoms with E-state index >= 15 is 0 Å². The zero-order chi connectivity index (χ0) is 11.8. The van der Waals surface area contributed by atoms with Crippen molar-refractivity contribution in [2.45, 2.75) is 32.6 Å². The second-order valence-electron chi connectivity index (χ2n) is 3.52. The molecule has 1 rings (SSSR count). The van der Waals surface area contributed by atoms with E-state index in [-0.39, 0.29) is 0 Å². The number of nitrogens with one attached hydrogen (secondary N) is 2. The predicted octanol–water partition coefficient (Wildman–Crippen LogP) is 2.41. The molecule has 4 N–H and O–H groups in total. The highest BCUT2D eigenvalue weighted by Gasteiger charge is 2.03. The molecule has 0 aliphatic heterocycles. The fourth-order valence-corrected chi connectivity index (χ4v) is 1.48. The van der Waals surface area contributed by atoms with Gasteiger partial charge in [0.2, 0.25) is 5.95 Å². The SMILES string of the molecule is CCCCCCNc1nc(NN)ncc1Cl. The van der Waals surface area contributed by atoms with E-state index in [9.17, 15) is 0 Å². The lowest BCUT2D eigenvalue weighted by Crippen LogP contribution is -2.12. The van der Waals surface area contributed by atoms with Gasteiger partial charge < -0.3 is 5.32 Å². The van der Waals surface area contributed by atoms with Crippen LogP contribution in [0, 0.1) is 0 Å². The molecule has 0 saturated carbocycles. The van der Waals surface area contributed by atoms with Crippen LogP contribution in [0.1, 0.15) is 32.6 Å². The van der Waals surface area contributed by atoms with Crippen molar-refractivity contribution in [3.63, 3.8) is 0 Å². The van der Waals surface area contributed by atoms with Crippen molar-refractivity contribution < 1.29 is 0 Å². The van der Waals surface area contributed by atoms with Crippen LogP contribution in [0.5, 0.6) is 0 Å². The average Bonchev–Trinajstić information content (AvgIpc) is 2.31. The number of nitrogen functional groups attached to an aromatic ring is 1. The van der Waals surface area contributed by atoms with Crippen molar-refractivity contribution in [3.05, 3.63) is 11.2 Å². The lowest BCUT2D eigenvalue weighted by molar-refractivity contribution is 0.684. The third-order valence-electron chi connectivity index (χ3n) is 2.20. The number of halogens is 1. The van der Waals surface area contributed by atoms with Crippen LogP contribution in [0.4, 0.5) is 11.8 Å². The van der Waals surface area contributed by atoms with Gasteiger partial charge in [-0.1, -0.05) is 37.8 Å². The van der Waals surface area contributed by atoms with Gasteiger partial charge in [-0.2, -0.15) is 4.98 Å². The Balaban J connectivity index is 2.40. The van der Waals surface area contributed by atoms with E-state index in [1.807, 2.05) is 0 Å². The van der Waals surface area contributed by atoms with Gasteiger partial charge in [0.05, 0.1) is 6.20 Å². The maximum atomic E-state index is 5.94. The van der Waals surface area contributed by atoms with E-state index in [1.54, 1.807) is 0 Å². The summed E-state index contributed by atoms with van der Waals surface area (Å²) in [5.41, 5.74) is 2.38. The molecular weight excluding hydrogens is 226 g/mol. The number of nitrogens with two attached hydrogens (primary N) is 1. The maximum Gasteiger partial charge on any atom is 0.239 e. The van der Waals surface area contributed by atoms with Crippen LogP contribution in [-0.4, -0.2) is 16.5 Å². The van der Waals surface area contributed by atoms with Gasteiger partial charge in [0, 0.05) is 6.54 Å². The van der Waals surface area contributed by atoms with Crippen molar-refractivity contribution in [2.75, 3.05) is 17.3 Å². The Kier molecular flexibility index (Phi) is 5.88. The molecule has 0 fully saturated rings. The molecule has 0 atom stereocenters. The van der Waals surface area contributed by atoms with E-state index in [0.29, 0.717) is 16.8 Å². The molecule has 0 radical (unpaired) electrons. The number of aromatic nitrogens is 2. The molecule has 1 aromatic heterocycles. The quantitative estimate of drug-likeness (QED) is 0.390. The summed E-state index contributed by atoms with van der Waals surface area (Å²) >= 11 is 5.94. The molecule has 1 aromatic rings. The van der Waals surface area contributed by atoms with Gasteiger partial charge in [0.25, 0.3) is 0 Å². The third-order valence-corrected chi connectivity index (χ3v) is 2.47. The minimum atomic E-state index is 0.362. The van der Waals surface area contributed by atoms with Gasteiger partial charge in [0.1, 0.15) is 5.02 Å². The normalized spacial score (nSPS) is 10.2. The molecule has 0 spiro atoms. The number of hydrazine groups is 1. The van der Waals surface area contributed by atoms with Crippen LogP contribution in [0.25, 0.3) is 0 Å². The summed E-state index contributed by atoms with van der Waals surface area (Å²) in [6, 6.07) is 0. The molecule has 6 heteroatoms. The molecule has 16 heavy (non-hydrogen) atoms. The first-order valence-electron chi connectivity index (χ1n) is 5.51. The highest BCUT2D eigenvalue weighted by molar-refractivity contribution is 6.32. The van der Waals surface area contributed by atoms with Crippen molar-refractivity contribution in [1.82, 2.24) is 9.97 Å². The minimum Gasteiger partial charge on any atom is -0.369 e. The average molecular weight is 244 g/mol. The standard InChI is InChI=1S/C10H18ClN5/c1-2-3-4-5-6-13-9-8(11)7-14-10(15-9)16-12/h7H,2-6,12H2,1H3,(H2,13,14,15,16). The Bertz CT molecular complexity index is 318. The smallest absolute Gasteiger partial charge is 0.239 e. The fraction of sp³-hybridized carbons (Fsp3) is 0.600. The zero-order valence-electron chi connectivity index (χ0n) is 9.46. The summed E-state index contributed by atoms with van der Waals surface area (Å²) in [5, 5.41) is 3.68. The summed E-state index contributed by atoms with van der Waals surface area (Å²) in [6.07, 6.45) is 6.34. The molecule has 0 unspecified atom stereocenters. The highest BCUT2D eigenvalue weighted by atomic mass is 35.5. The third kappa shape index (κ3) is 4.20. The van der Waals surface area contributed by atoms with Gasteiger partial charge in [-0.15, -0.1) is 0 Å². The van der Waals surface area contributed by atoms with E-state index in [2.05, 4.69) is 27.6 Å². The van der Waals surface area contributed by atoms with Crippen molar-refractivity contribution in [1.29, 1.82) is 0 Å². The van der Waals surface area contributed by atoms with Gasteiger partial charge in [0.15, 0.2) is 5.82 Å². The molecule has 5 nitrogen and oxygen atoms in total. The summed E-state index contributed by atoms with van der Waals surface area (Å²) < 4.78 is 0. The first kappa shape index (κ1) is 13.0. The number of hydrogen-bond acceptors (Lipinski definition) is 5. The molecule has 90 valence electrons. The summed E-state index contributed by atoms with van der Waals surface area (Å²) in [4.78, 5) is 8.01. The Labute approximate surface area is 101 Å². The minimum absolute atomic E-state index is 0.362. The largest absolute Gasteiger partial charge is 0.369 e. The summed E-state index contributed by atoms with van der Waals surface area (Å²) in [7, 11) is 0. The van der Waals surface area contributed by atoms with Gasteiger partial charge in [-0.05, 0) is 6.42 Å². The van der Waals surface area contributed by atoms with Crippen LogP contribution in [0.2, 0.25) is 5.02 Å². The lowest BCUT2D eigenvalue weighted by Gasteiger charge is -2.08. The number of anilines is 2. The van der Waals surface area contributed by atoms with Crippen LogP contribution < -0.4 is 16.6 Å². The van der Waals surface area contributed by atoms with E-state index in [0.717, 1.165) is 13.0 Å². The zero-order valence-corrected chi connectivity index (χ0v) is 10.2. The van der Waals surface area contributed by atoms with Crippen LogP contribution in [-0.2, 0) is 0 Å². The Morgan fingerprint density at radius 1 is 1.38 bits per heavy atom. The molecule has 1 heterocycles. The van der Waals surface area contributed by atoms with Crippen LogP contribution >= 0.6 is 11.6 Å². The lowest BCUT2D eigenvalue weighted by atomic mass is 10.2. The topological polar surface area (TPSA) is 75.9 Å². The Morgan fingerprint density at radius 2 is 2.19 bits per heavy atom. The highest BCUT2D eigenvalue weighted by Crippen LogP contribution is 2.18. The second kappa shape index (κ2) is 7.24. The number of hydrogen-bond donors (Lipinski definition) is 3. The molecule has 0 aliphatic rings. The molecule has 0 bridgehead atoms. The monoisotopic (exact) mass is 243 g/mol. The van der Waals surface area contributed by atoms with E-state index < -0.39 is 0 Å². The first-order chi connectivity index (χ1) is 7.77. The van der Waals surface area contributed by atoms with Gasteiger partial charge >= 0.3 is 0 Å². The van der Waals surface area contributed by atoms with Crippen molar-refractivity contribution in [3.8, 4) is 0 Å². The fourth-order valence-electron chi connectivity index (χ4n) is 1.32. The molecule has 0 amide bonds. The predicted molar refractivity (Wildman–Crippen MR) is 67.5 cm³/mol. The molecule has 0 aliphatic carbocycles. The van der Waals surface area contributed by atoms with Gasteiger partial charge in [-0.3, -0.25) is 5.43 Å². The number of rotatable bonds is 7. The second-order valence-corrected chi connectivity index (χ2v) is 3.93. The molecule has 0 saturated heterocycles. The van der Waals surface area contributed by atoms with Gasteiger partial charge in [-0.25, -0.2) is 10.8 Å². The van der Waals surface area contributed by atoms with Crippen LogP contribution in [0.3, 0.4) is 0 Å². The summed E-state index contributed by atoms with van der Waals surface area (Å²) in [6.45, 7) is 3.05. The first-order valence-corrected chi connectivity index (χ1v) is 5.88. The molecular formula is C10H18ClN5. The molecule has 0 aromatic carbocycles. The number of unbranched alkanes of at least 4 members (excludes halogenated alkanes) is 3. The Morgan fingerprint density at radius 3 is 2.88 bits per heavy atom. The Hall–Kier alpha value is -1.07. The number of nitrogens with zero attached hydrogens (tertiary/aromatic N) is 2. The van der Waals surface area contributed by atoms with E-state index in [1.165, 1.54) is 25.5 Å². The maximum absolute atomic E-state index is 5.94. The van der Waals surface area contributed by atoms with Crippen LogP contribution in [0.15, 0.2) is 6.20 Å². The van der Waals surface area contributed by atoms with Crippen molar-refractivity contribution in [2.24, 2.45) is 5.84 Å². The van der Waals surface area contributed by atoms with Crippen molar-refractivity contribution >= 4 is 23.4 Å². The summed E-state index contributed by atoms with van der Waals surface area (Å²) in [5.74, 6) is 6.20.